The van der Waals surface area contributed by atoms with Gasteiger partial charge in [0.1, 0.15) is 12.4 Å². The highest BCUT2D eigenvalue weighted by Crippen LogP contribution is 2.16. The summed E-state index contributed by atoms with van der Waals surface area (Å²) in [5, 5.41) is 12.3. The van der Waals surface area contributed by atoms with E-state index in [2.05, 4.69) is 49.2 Å². The Bertz CT molecular complexity index is 730. The van der Waals surface area contributed by atoms with Crippen molar-refractivity contribution in [3.63, 3.8) is 0 Å². The number of anilines is 1. The third-order valence-electron chi connectivity index (χ3n) is 5.24. The van der Waals surface area contributed by atoms with Crippen molar-refractivity contribution in [2.24, 2.45) is 4.99 Å². The zero-order valence-corrected chi connectivity index (χ0v) is 15.4. The smallest absolute Gasteiger partial charge is 0.198 e. The molecule has 2 aromatic rings. The molecule has 0 saturated carbocycles. The summed E-state index contributed by atoms with van der Waals surface area (Å²) < 4.78 is 2.28. The van der Waals surface area contributed by atoms with E-state index in [1.165, 1.54) is 38.5 Å². The van der Waals surface area contributed by atoms with Gasteiger partial charge in [-0.1, -0.05) is 24.6 Å². The van der Waals surface area contributed by atoms with Crippen LogP contribution in [0.5, 0.6) is 0 Å². The Labute approximate surface area is 155 Å². The number of likely N-dealkylation sites (tertiary alicyclic amines) is 1. The molecule has 0 amide bonds. The summed E-state index contributed by atoms with van der Waals surface area (Å²) in [6.45, 7) is 3.74. The molecule has 138 valence electrons. The van der Waals surface area contributed by atoms with Crippen molar-refractivity contribution < 1.29 is 0 Å². The molecule has 6 heteroatoms. The highest BCUT2D eigenvalue weighted by Gasteiger charge is 2.17. The first-order valence-electron chi connectivity index (χ1n) is 9.92. The molecule has 1 aromatic heterocycles. The van der Waals surface area contributed by atoms with E-state index in [0.717, 1.165) is 49.4 Å². The lowest BCUT2D eigenvalue weighted by atomic mass is 10.1. The second-order valence-corrected chi connectivity index (χ2v) is 7.17. The van der Waals surface area contributed by atoms with Crippen LogP contribution in [0.2, 0.25) is 0 Å². The standard InChI is InChI=1S/C20H28N6/c1-4-10-17(11-5-1)22-20(25-13-7-3-8-14-25)21-16-19-24-23-18-12-6-2-9-15-26(18)19/h1,4-5,10-11H,2-3,6-9,12-16H2,(H,21,22). The van der Waals surface area contributed by atoms with E-state index in [1.807, 2.05) is 6.07 Å². The molecule has 4 rings (SSSR count). The summed E-state index contributed by atoms with van der Waals surface area (Å²) in [4.78, 5) is 7.30. The molecule has 0 atom stereocenters. The minimum atomic E-state index is 0.582. The van der Waals surface area contributed by atoms with Crippen LogP contribution in [-0.2, 0) is 19.5 Å². The Morgan fingerprint density at radius 2 is 1.69 bits per heavy atom. The van der Waals surface area contributed by atoms with Gasteiger partial charge in [0, 0.05) is 31.7 Å². The molecule has 0 unspecified atom stereocenters. The van der Waals surface area contributed by atoms with Gasteiger partial charge >= 0.3 is 0 Å². The van der Waals surface area contributed by atoms with Crippen LogP contribution in [-0.4, -0.2) is 38.7 Å². The highest BCUT2D eigenvalue weighted by atomic mass is 15.3. The lowest BCUT2D eigenvalue weighted by Crippen LogP contribution is -2.40. The van der Waals surface area contributed by atoms with Crippen molar-refractivity contribution in [1.29, 1.82) is 0 Å². The lowest BCUT2D eigenvalue weighted by molar-refractivity contribution is 0.340. The summed E-state index contributed by atoms with van der Waals surface area (Å²) in [5.74, 6) is 3.08. The predicted octanol–water partition coefficient (Wildman–Crippen LogP) is 3.46. The number of para-hydroxylation sites is 1. The molecule has 2 aliphatic heterocycles. The number of benzene rings is 1. The van der Waals surface area contributed by atoms with Gasteiger partial charge in [0.25, 0.3) is 0 Å². The van der Waals surface area contributed by atoms with Crippen LogP contribution in [0.4, 0.5) is 5.69 Å². The van der Waals surface area contributed by atoms with Crippen molar-refractivity contribution in [3.05, 3.63) is 42.0 Å². The molecule has 3 heterocycles. The number of aliphatic imine (C=N–C) groups is 1. The maximum atomic E-state index is 4.93. The normalized spacial score (nSPS) is 18.3. The summed E-state index contributed by atoms with van der Waals surface area (Å²) in [6, 6.07) is 10.3. The predicted molar refractivity (Wildman–Crippen MR) is 104 cm³/mol. The van der Waals surface area contributed by atoms with Gasteiger partial charge in [-0.3, -0.25) is 0 Å². The van der Waals surface area contributed by atoms with Crippen LogP contribution in [0.3, 0.4) is 0 Å². The molecular formula is C20H28N6. The first-order valence-corrected chi connectivity index (χ1v) is 9.92. The maximum Gasteiger partial charge on any atom is 0.198 e. The highest BCUT2D eigenvalue weighted by molar-refractivity contribution is 5.93. The quantitative estimate of drug-likeness (QED) is 0.679. The number of piperidine rings is 1. The Balaban J connectivity index is 1.54. The van der Waals surface area contributed by atoms with Crippen LogP contribution in [0.15, 0.2) is 35.3 Å². The van der Waals surface area contributed by atoms with E-state index in [1.54, 1.807) is 0 Å². The largest absolute Gasteiger partial charge is 0.343 e. The first kappa shape index (κ1) is 17.1. The third kappa shape index (κ3) is 4.06. The minimum Gasteiger partial charge on any atom is -0.343 e. The van der Waals surface area contributed by atoms with Crippen LogP contribution >= 0.6 is 0 Å². The molecule has 0 aliphatic carbocycles. The molecule has 0 radical (unpaired) electrons. The molecular weight excluding hydrogens is 324 g/mol. The molecule has 2 aliphatic rings. The number of hydrogen-bond donors (Lipinski definition) is 1. The van der Waals surface area contributed by atoms with E-state index in [0.29, 0.717) is 6.54 Å². The van der Waals surface area contributed by atoms with Gasteiger partial charge in [-0.05, 0) is 44.2 Å². The third-order valence-corrected chi connectivity index (χ3v) is 5.24. The lowest BCUT2D eigenvalue weighted by Gasteiger charge is -2.30. The molecule has 1 N–H and O–H groups in total. The molecule has 1 fully saturated rings. The number of hydrogen-bond acceptors (Lipinski definition) is 3. The van der Waals surface area contributed by atoms with E-state index in [9.17, 15) is 0 Å². The molecule has 6 nitrogen and oxygen atoms in total. The van der Waals surface area contributed by atoms with Crippen molar-refractivity contribution in [2.45, 2.75) is 58.0 Å². The van der Waals surface area contributed by atoms with E-state index >= 15 is 0 Å². The van der Waals surface area contributed by atoms with Gasteiger partial charge in [-0.2, -0.15) is 0 Å². The first-order chi connectivity index (χ1) is 12.9. The van der Waals surface area contributed by atoms with Gasteiger partial charge in [0.15, 0.2) is 11.8 Å². The molecule has 1 aromatic carbocycles. The zero-order chi connectivity index (χ0) is 17.6. The number of nitrogens with zero attached hydrogens (tertiary/aromatic N) is 5. The fourth-order valence-electron chi connectivity index (χ4n) is 3.78. The fraction of sp³-hybridized carbons (Fsp3) is 0.550. The fourth-order valence-corrected chi connectivity index (χ4v) is 3.78. The maximum absolute atomic E-state index is 4.93. The van der Waals surface area contributed by atoms with Gasteiger partial charge in [0.05, 0.1) is 0 Å². The molecule has 1 saturated heterocycles. The Morgan fingerprint density at radius 3 is 2.54 bits per heavy atom. The van der Waals surface area contributed by atoms with Gasteiger partial charge in [-0.15, -0.1) is 10.2 Å². The average molecular weight is 352 g/mol. The molecule has 26 heavy (non-hydrogen) atoms. The molecule has 0 bridgehead atoms. The summed E-state index contributed by atoms with van der Waals surface area (Å²) in [6.07, 6.45) is 8.52. The van der Waals surface area contributed by atoms with Gasteiger partial charge in [0.2, 0.25) is 0 Å². The zero-order valence-electron chi connectivity index (χ0n) is 15.4. The summed E-state index contributed by atoms with van der Waals surface area (Å²) >= 11 is 0. The van der Waals surface area contributed by atoms with Crippen LogP contribution in [0, 0.1) is 0 Å². The monoisotopic (exact) mass is 352 g/mol. The number of guanidine groups is 1. The van der Waals surface area contributed by atoms with Crippen LogP contribution in [0.25, 0.3) is 0 Å². The van der Waals surface area contributed by atoms with E-state index in [-0.39, 0.29) is 0 Å². The van der Waals surface area contributed by atoms with E-state index in [4.69, 9.17) is 4.99 Å². The number of rotatable bonds is 3. The number of nitrogens with one attached hydrogen (secondary N) is 1. The number of fused-ring (bicyclic) bond motifs is 1. The second kappa shape index (κ2) is 8.34. The van der Waals surface area contributed by atoms with Crippen molar-refractivity contribution in [2.75, 3.05) is 18.4 Å². The summed E-state index contributed by atoms with van der Waals surface area (Å²) in [5.41, 5.74) is 1.08. The van der Waals surface area contributed by atoms with Crippen LogP contribution < -0.4 is 5.32 Å². The topological polar surface area (TPSA) is 58.3 Å². The van der Waals surface area contributed by atoms with Crippen molar-refractivity contribution in [3.8, 4) is 0 Å². The second-order valence-electron chi connectivity index (χ2n) is 7.17. The average Bonchev–Trinajstić information content (AvgIpc) is 2.93. The Hall–Kier alpha value is -2.37. The van der Waals surface area contributed by atoms with Crippen LogP contribution in [0.1, 0.15) is 50.2 Å². The Kier molecular flexibility index (Phi) is 5.47. The minimum absolute atomic E-state index is 0.582. The molecule has 0 spiro atoms. The van der Waals surface area contributed by atoms with E-state index < -0.39 is 0 Å². The number of aryl methyl sites for hydroxylation is 1. The number of aromatic nitrogens is 3. The van der Waals surface area contributed by atoms with Gasteiger partial charge in [-0.25, -0.2) is 4.99 Å². The van der Waals surface area contributed by atoms with Crippen molar-refractivity contribution in [1.82, 2.24) is 19.7 Å². The van der Waals surface area contributed by atoms with Gasteiger partial charge < -0.3 is 14.8 Å². The summed E-state index contributed by atoms with van der Waals surface area (Å²) in [7, 11) is 0. The Morgan fingerprint density at radius 1 is 0.923 bits per heavy atom. The van der Waals surface area contributed by atoms with Crippen molar-refractivity contribution >= 4 is 11.6 Å². The SMILES string of the molecule is c1ccc(NC(=NCc2nnc3n2CCCCC3)N2CCCCC2)cc1.